The number of hydrogen-bond donors (Lipinski definition) is 2. The van der Waals surface area contributed by atoms with Crippen molar-refractivity contribution in [2.75, 3.05) is 5.32 Å². The van der Waals surface area contributed by atoms with Crippen LogP contribution in [0, 0.1) is 0 Å². The lowest BCUT2D eigenvalue weighted by Crippen LogP contribution is -2.28. The van der Waals surface area contributed by atoms with Gasteiger partial charge >= 0.3 is 6.18 Å². The number of hydrogen-bond acceptors (Lipinski definition) is 4. The first-order valence-electron chi connectivity index (χ1n) is 7.62. The van der Waals surface area contributed by atoms with Crippen LogP contribution in [0.15, 0.2) is 53.1 Å². The molecule has 140 valence electrons. The summed E-state index contributed by atoms with van der Waals surface area (Å²) in [6.07, 6.45) is -4.55. The topological polar surface area (TPSA) is 63.0 Å². The van der Waals surface area contributed by atoms with E-state index in [0.717, 1.165) is 17.7 Å². The maximum absolute atomic E-state index is 12.9. The van der Waals surface area contributed by atoms with Crippen LogP contribution in [0.3, 0.4) is 0 Å². The zero-order valence-electron chi connectivity index (χ0n) is 13.5. The van der Waals surface area contributed by atoms with Crippen LogP contribution in [0.25, 0.3) is 11.4 Å². The van der Waals surface area contributed by atoms with Gasteiger partial charge in [-0.25, -0.2) is 0 Å². The largest absolute Gasteiger partial charge is 0.417 e. The molecule has 0 saturated carbocycles. The van der Waals surface area contributed by atoms with Crippen LogP contribution >= 0.6 is 23.8 Å². The van der Waals surface area contributed by atoms with Crippen molar-refractivity contribution in [3.63, 3.8) is 0 Å². The molecule has 3 rings (SSSR count). The van der Waals surface area contributed by atoms with E-state index in [4.69, 9.17) is 28.3 Å². The monoisotopic (exact) mass is 412 g/mol. The lowest BCUT2D eigenvalue weighted by atomic mass is 10.2. The standard InChI is InChI=1S/C17H12ClF3N4OS/c18-13-7-6-11(8-12(13)17(19,20)21)23-16(27)22-9-14-24-15(25-26-14)10-4-2-1-3-5-10/h1-8H,9H2,(H2,22,23,27). The van der Waals surface area contributed by atoms with Gasteiger partial charge in [-0.2, -0.15) is 18.2 Å². The highest BCUT2D eigenvalue weighted by molar-refractivity contribution is 7.80. The van der Waals surface area contributed by atoms with Gasteiger partial charge in [0.1, 0.15) is 0 Å². The van der Waals surface area contributed by atoms with E-state index in [1.165, 1.54) is 6.07 Å². The molecule has 1 heterocycles. The SMILES string of the molecule is FC(F)(F)c1cc(NC(=S)NCc2nc(-c3ccccc3)no2)ccc1Cl. The molecule has 0 aliphatic rings. The Hall–Kier alpha value is -2.65. The number of thiocarbonyl (C=S) groups is 1. The van der Waals surface area contributed by atoms with E-state index in [0.29, 0.717) is 5.82 Å². The third-order valence-corrected chi connectivity index (χ3v) is 4.01. The van der Waals surface area contributed by atoms with Crippen LogP contribution in [0.5, 0.6) is 0 Å². The molecule has 5 nitrogen and oxygen atoms in total. The average molecular weight is 413 g/mol. The fraction of sp³-hybridized carbons (Fsp3) is 0.118. The Labute approximate surface area is 162 Å². The van der Waals surface area contributed by atoms with Crippen molar-refractivity contribution in [3.05, 3.63) is 65.0 Å². The molecule has 0 fully saturated rings. The van der Waals surface area contributed by atoms with E-state index in [1.807, 2.05) is 30.3 Å². The summed E-state index contributed by atoms with van der Waals surface area (Å²) >= 11 is 10.7. The van der Waals surface area contributed by atoms with Crippen LogP contribution in [-0.4, -0.2) is 15.3 Å². The summed E-state index contributed by atoms with van der Waals surface area (Å²) in [7, 11) is 0. The summed E-state index contributed by atoms with van der Waals surface area (Å²) in [4.78, 5) is 4.22. The number of nitrogens with zero attached hydrogens (tertiary/aromatic N) is 2. The average Bonchev–Trinajstić information content (AvgIpc) is 3.10. The third-order valence-electron chi connectivity index (χ3n) is 3.43. The van der Waals surface area contributed by atoms with Gasteiger partial charge in [0.05, 0.1) is 17.1 Å². The van der Waals surface area contributed by atoms with Gasteiger partial charge in [-0.05, 0) is 30.4 Å². The lowest BCUT2D eigenvalue weighted by molar-refractivity contribution is -0.137. The summed E-state index contributed by atoms with van der Waals surface area (Å²) in [6, 6.07) is 12.7. The molecular weight excluding hydrogens is 401 g/mol. The number of halogens is 4. The van der Waals surface area contributed by atoms with Gasteiger partial charge < -0.3 is 15.2 Å². The van der Waals surface area contributed by atoms with E-state index < -0.39 is 11.7 Å². The number of benzene rings is 2. The van der Waals surface area contributed by atoms with Crippen molar-refractivity contribution < 1.29 is 17.7 Å². The molecule has 0 saturated heterocycles. The molecule has 2 aromatic carbocycles. The maximum Gasteiger partial charge on any atom is 0.417 e. The summed E-state index contributed by atoms with van der Waals surface area (Å²) in [5.41, 5.74) is 0.00939. The highest BCUT2D eigenvalue weighted by Gasteiger charge is 2.33. The minimum atomic E-state index is -4.55. The number of rotatable bonds is 4. The highest BCUT2D eigenvalue weighted by Crippen LogP contribution is 2.36. The Bertz CT molecular complexity index is 947. The Morgan fingerprint density at radius 1 is 1.15 bits per heavy atom. The highest BCUT2D eigenvalue weighted by atomic mass is 35.5. The molecule has 0 amide bonds. The predicted molar refractivity (Wildman–Crippen MR) is 99.2 cm³/mol. The minimum absolute atomic E-state index is 0.102. The molecule has 0 bridgehead atoms. The van der Waals surface area contributed by atoms with E-state index >= 15 is 0 Å². The van der Waals surface area contributed by atoms with E-state index in [9.17, 15) is 13.2 Å². The molecule has 2 N–H and O–H groups in total. The molecule has 0 atom stereocenters. The van der Waals surface area contributed by atoms with Crippen LogP contribution in [-0.2, 0) is 12.7 Å². The Morgan fingerprint density at radius 3 is 2.59 bits per heavy atom. The van der Waals surface area contributed by atoms with Gasteiger partial charge in [0.15, 0.2) is 5.11 Å². The molecule has 0 unspecified atom stereocenters. The third kappa shape index (κ3) is 4.95. The maximum atomic E-state index is 12.9. The second-order valence-electron chi connectivity index (χ2n) is 5.38. The molecule has 27 heavy (non-hydrogen) atoms. The number of aromatic nitrogens is 2. The summed E-state index contributed by atoms with van der Waals surface area (Å²) in [6.45, 7) is 0.116. The van der Waals surface area contributed by atoms with E-state index in [-0.39, 0.29) is 28.3 Å². The van der Waals surface area contributed by atoms with Crippen LogP contribution in [0.4, 0.5) is 18.9 Å². The molecule has 10 heteroatoms. The van der Waals surface area contributed by atoms with Crippen molar-refractivity contribution in [1.29, 1.82) is 0 Å². The molecule has 1 aromatic heterocycles. The zero-order chi connectivity index (χ0) is 19.4. The Kier molecular flexibility index (Phi) is 5.62. The Morgan fingerprint density at radius 2 is 1.89 bits per heavy atom. The van der Waals surface area contributed by atoms with Crippen molar-refractivity contribution >= 4 is 34.6 Å². The molecule has 3 aromatic rings. The first-order valence-corrected chi connectivity index (χ1v) is 8.41. The smallest absolute Gasteiger partial charge is 0.353 e. The van der Waals surface area contributed by atoms with E-state index in [2.05, 4.69) is 20.8 Å². The quantitative estimate of drug-likeness (QED) is 0.594. The first-order chi connectivity index (χ1) is 12.8. The van der Waals surface area contributed by atoms with Gasteiger partial charge in [0.25, 0.3) is 0 Å². The van der Waals surface area contributed by atoms with Crippen LogP contribution in [0.1, 0.15) is 11.5 Å². The molecule has 0 radical (unpaired) electrons. The summed E-state index contributed by atoms with van der Waals surface area (Å²) < 4.78 is 43.8. The van der Waals surface area contributed by atoms with Gasteiger partial charge in [-0.1, -0.05) is 47.1 Å². The van der Waals surface area contributed by atoms with Gasteiger partial charge in [0.2, 0.25) is 11.7 Å². The van der Waals surface area contributed by atoms with Gasteiger partial charge in [-0.15, -0.1) is 0 Å². The second-order valence-corrected chi connectivity index (χ2v) is 6.19. The summed E-state index contributed by atoms with van der Waals surface area (Å²) in [5.74, 6) is 0.712. The minimum Gasteiger partial charge on any atom is -0.353 e. The zero-order valence-corrected chi connectivity index (χ0v) is 15.1. The van der Waals surface area contributed by atoms with Crippen molar-refractivity contribution in [3.8, 4) is 11.4 Å². The molecule has 0 aliphatic carbocycles. The number of anilines is 1. The number of alkyl halides is 3. The Balaban J connectivity index is 1.60. The first kappa shape index (κ1) is 19.1. The van der Waals surface area contributed by atoms with Crippen molar-refractivity contribution in [2.45, 2.75) is 12.7 Å². The van der Waals surface area contributed by atoms with Crippen LogP contribution < -0.4 is 10.6 Å². The van der Waals surface area contributed by atoms with Gasteiger partial charge in [0, 0.05) is 11.3 Å². The molecule has 0 aliphatic heterocycles. The lowest BCUT2D eigenvalue weighted by Gasteiger charge is -2.13. The summed E-state index contributed by atoms with van der Waals surface area (Å²) in [5, 5.41) is 9.04. The second kappa shape index (κ2) is 7.93. The van der Waals surface area contributed by atoms with E-state index in [1.54, 1.807) is 0 Å². The van der Waals surface area contributed by atoms with Crippen molar-refractivity contribution in [1.82, 2.24) is 15.5 Å². The molecule has 0 spiro atoms. The fourth-order valence-electron chi connectivity index (χ4n) is 2.18. The fourth-order valence-corrected chi connectivity index (χ4v) is 2.60. The number of nitrogens with one attached hydrogen (secondary N) is 2. The normalized spacial score (nSPS) is 11.3. The van der Waals surface area contributed by atoms with Crippen molar-refractivity contribution in [2.24, 2.45) is 0 Å². The van der Waals surface area contributed by atoms with Crippen LogP contribution in [0.2, 0.25) is 5.02 Å². The molecular formula is C17H12ClF3N4OS. The predicted octanol–water partition coefficient (Wildman–Crippen LogP) is 4.90. The van der Waals surface area contributed by atoms with Gasteiger partial charge in [-0.3, -0.25) is 0 Å².